The summed E-state index contributed by atoms with van der Waals surface area (Å²) in [7, 11) is 2.04. The minimum atomic E-state index is 0.321. The van der Waals surface area contributed by atoms with Crippen LogP contribution in [0, 0.1) is 0 Å². The second-order valence-corrected chi connectivity index (χ2v) is 5.29. The summed E-state index contributed by atoms with van der Waals surface area (Å²) in [5, 5.41) is 2.09. The van der Waals surface area contributed by atoms with E-state index in [-0.39, 0.29) is 0 Å². The predicted molar refractivity (Wildman–Crippen MR) is 70.9 cm³/mol. The molecule has 0 aliphatic rings. The van der Waals surface area contributed by atoms with Crippen LogP contribution in [-0.4, -0.2) is 17.0 Å². The Kier molecular flexibility index (Phi) is 3.56. The van der Waals surface area contributed by atoms with Crippen LogP contribution < -0.4 is 4.90 Å². The average molecular weight is 298 g/mol. The summed E-state index contributed by atoms with van der Waals surface area (Å²) in [6.45, 7) is 2.17. The van der Waals surface area contributed by atoms with Gasteiger partial charge < -0.3 is 4.90 Å². The Bertz CT molecular complexity index is 458. The van der Waals surface area contributed by atoms with Gasteiger partial charge in [0.15, 0.2) is 0 Å². The molecule has 5 heteroatoms. The molecule has 0 N–H and O–H groups in total. The van der Waals surface area contributed by atoms with E-state index in [9.17, 15) is 0 Å². The van der Waals surface area contributed by atoms with E-state index >= 15 is 0 Å². The topological polar surface area (TPSA) is 29.0 Å². The standard InChI is InChI=1S/C11H12BrN3S/c1-8(9-4-3-5-16-9)15(2)11-6-10(12)13-7-14-11/h3-8H,1-2H3. The number of hydrogen-bond acceptors (Lipinski definition) is 4. The number of nitrogens with zero attached hydrogens (tertiary/aromatic N) is 3. The van der Waals surface area contributed by atoms with Gasteiger partial charge in [0.25, 0.3) is 0 Å². The van der Waals surface area contributed by atoms with Gasteiger partial charge in [-0.1, -0.05) is 6.07 Å². The lowest BCUT2D eigenvalue weighted by Crippen LogP contribution is -2.21. The van der Waals surface area contributed by atoms with E-state index in [4.69, 9.17) is 0 Å². The van der Waals surface area contributed by atoms with Crippen LogP contribution in [0.15, 0.2) is 34.5 Å². The highest BCUT2D eigenvalue weighted by molar-refractivity contribution is 9.10. The van der Waals surface area contributed by atoms with Crippen molar-refractivity contribution in [2.75, 3.05) is 11.9 Å². The zero-order chi connectivity index (χ0) is 11.5. The van der Waals surface area contributed by atoms with Crippen LogP contribution in [0.1, 0.15) is 17.8 Å². The molecule has 2 aromatic heterocycles. The molecule has 0 amide bonds. The maximum absolute atomic E-state index is 4.26. The fraction of sp³-hybridized carbons (Fsp3) is 0.273. The Balaban J connectivity index is 2.22. The van der Waals surface area contributed by atoms with Gasteiger partial charge in [-0.15, -0.1) is 11.3 Å². The van der Waals surface area contributed by atoms with Crippen molar-refractivity contribution < 1.29 is 0 Å². The minimum absolute atomic E-state index is 0.321. The number of hydrogen-bond donors (Lipinski definition) is 0. The first-order chi connectivity index (χ1) is 7.68. The molecular formula is C11H12BrN3S. The number of aromatic nitrogens is 2. The molecule has 2 aromatic rings. The molecule has 84 valence electrons. The van der Waals surface area contributed by atoms with Crippen molar-refractivity contribution in [2.24, 2.45) is 0 Å². The molecule has 0 aliphatic heterocycles. The largest absolute Gasteiger partial charge is 0.352 e. The SMILES string of the molecule is CC(c1cccs1)N(C)c1cc(Br)ncn1. The molecule has 0 saturated heterocycles. The molecule has 0 radical (unpaired) electrons. The zero-order valence-corrected chi connectivity index (χ0v) is 11.5. The zero-order valence-electron chi connectivity index (χ0n) is 9.09. The number of halogens is 1. The Morgan fingerprint density at radius 1 is 1.44 bits per heavy atom. The first kappa shape index (κ1) is 11.5. The van der Waals surface area contributed by atoms with E-state index in [0.29, 0.717) is 6.04 Å². The second kappa shape index (κ2) is 4.93. The highest BCUT2D eigenvalue weighted by Crippen LogP contribution is 2.27. The van der Waals surface area contributed by atoms with Crippen LogP contribution in [0.25, 0.3) is 0 Å². The van der Waals surface area contributed by atoms with E-state index in [1.807, 2.05) is 13.1 Å². The van der Waals surface area contributed by atoms with E-state index < -0.39 is 0 Å². The Morgan fingerprint density at radius 3 is 2.88 bits per heavy atom. The van der Waals surface area contributed by atoms with Crippen molar-refractivity contribution in [2.45, 2.75) is 13.0 Å². The van der Waals surface area contributed by atoms with Crippen molar-refractivity contribution in [3.05, 3.63) is 39.4 Å². The van der Waals surface area contributed by atoms with E-state index in [1.54, 1.807) is 17.7 Å². The molecule has 3 nitrogen and oxygen atoms in total. The molecule has 0 aromatic carbocycles. The third-order valence-corrected chi connectivity index (χ3v) is 3.99. The number of rotatable bonds is 3. The molecular weight excluding hydrogens is 286 g/mol. The van der Waals surface area contributed by atoms with Crippen LogP contribution >= 0.6 is 27.3 Å². The Hall–Kier alpha value is -0.940. The van der Waals surface area contributed by atoms with E-state index in [1.165, 1.54) is 4.88 Å². The molecule has 2 heterocycles. The molecule has 16 heavy (non-hydrogen) atoms. The fourth-order valence-electron chi connectivity index (χ4n) is 1.44. The monoisotopic (exact) mass is 297 g/mol. The first-order valence-electron chi connectivity index (χ1n) is 4.92. The molecule has 1 atom stereocenters. The van der Waals surface area contributed by atoms with E-state index in [2.05, 4.69) is 55.2 Å². The van der Waals surface area contributed by atoms with Crippen LogP contribution in [0.3, 0.4) is 0 Å². The maximum atomic E-state index is 4.26. The van der Waals surface area contributed by atoms with Crippen molar-refractivity contribution in [1.82, 2.24) is 9.97 Å². The lowest BCUT2D eigenvalue weighted by Gasteiger charge is -2.24. The predicted octanol–water partition coefficient (Wildman–Crippen LogP) is 3.50. The van der Waals surface area contributed by atoms with Crippen LogP contribution in [0.2, 0.25) is 0 Å². The number of thiophene rings is 1. The molecule has 0 fully saturated rings. The van der Waals surface area contributed by atoms with Crippen molar-refractivity contribution in [3.8, 4) is 0 Å². The van der Waals surface area contributed by atoms with Crippen LogP contribution in [0.4, 0.5) is 5.82 Å². The van der Waals surface area contributed by atoms with E-state index in [0.717, 1.165) is 10.4 Å². The summed E-state index contributed by atoms with van der Waals surface area (Å²) in [6.07, 6.45) is 1.57. The second-order valence-electron chi connectivity index (χ2n) is 3.50. The summed E-state index contributed by atoms with van der Waals surface area (Å²) < 4.78 is 0.808. The summed E-state index contributed by atoms with van der Waals surface area (Å²) in [6, 6.07) is 6.45. The van der Waals surface area contributed by atoms with Gasteiger partial charge in [0.1, 0.15) is 16.7 Å². The van der Waals surface area contributed by atoms with Gasteiger partial charge in [-0.25, -0.2) is 9.97 Å². The summed E-state index contributed by atoms with van der Waals surface area (Å²) in [5.74, 6) is 0.919. The molecule has 0 bridgehead atoms. The smallest absolute Gasteiger partial charge is 0.133 e. The highest BCUT2D eigenvalue weighted by Gasteiger charge is 2.14. The maximum Gasteiger partial charge on any atom is 0.133 e. The minimum Gasteiger partial charge on any atom is -0.352 e. The van der Waals surface area contributed by atoms with Gasteiger partial charge in [0.2, 0.25) is 0 Å². The highest BCUT2D eigenvalue weighted by atomic mass is 79.9. The molecule has 0 spiro atoms. The lowest BCUT2D eigenvalue weighted by molar-refractivity contribution is 0.739. The lowest BCUT2D eigenvalue weighted by atomic mass is 10.2. The van der Waals surface area contributed by atoms with Gasteiger partial charge >= 0.3 is 0 Å². The number of anilines is 1. The third kappa shape index (κ3) is 2.41. The van der Waals surface area contributed by atoms with Gasteiger partial charge in [-0.3, -0.25) is 0 Å². The van der Waals surface area contributed by atoms with Crippen LogP contribution in [-0.2, 0) is 0 Å². The Labute approximate surface area is 107 Å². The molecule has 2 rings (SSSR count). The first-order valence-corrected chi connectivity index (χ1v) is 6.59. The summed E-state index contributed by atoms with van der Waals surface area (Å²) >= 11 is 5.11. The summed E-state index contributed by atoms with van der Waals surface area (Å²) in [5.41, 5.74) is 0. The van der Waals surface area contributed by atoms with Crippen molar-refractivity contribution >= 4 is 33.1 Å². The van der Waals surface area contributed by atoms with Crippen molar-refractivity contribution in [3.63, 3.8) is 0 Å². The summed E-state index contributed by atoms with van der Waals surface area (Å²) in [4.78, 5) is 11.8. The van der Waals surface area contributed by atoms with Gasteiger partial charge in [-0.05, 0) is 34.3 Å². The van der Waals surface area contributed by atoms with Crippen molar-refractivity contribution in [1.29, 1.82) is 0 Å². The molecule has 0 saturated carbocycles. The van der Waals surface area contributed by atoms with Gasteiger partial charge in [-0.2, -0.15) is 0 Å². The normalized spacial score (nSPS) is 12.4. The quantitative estimate of drug-likeness (QED) is 0.812. The fourth-order valence-corrected chi connectivity index (χ4v) is 2.56. The Morgan fingerprint density at radius 2 is 2.25 bits per heavy atom. The average Bonchev–Trinajstić information content (AvgIpc) is 2.80. The molecule has 0 aliphatic carbocycles. The van der Waals surface area contributed by atoms with Crippen LogP contribution in [0.5, 0.6) is 0 Å². The van der Waals surface area contributed by atoms with Gasteiger partial charge in [0.05, 0.1) is 6.04 Å². The van der Waals surface area contributed by atoms with Gasteiger partial charge in [0, 0.05) is 18.0 Å². The molecule has 1 unspecified atom stereocenters. The third-order valence-electron chi connectivity index (χ3n) is 2.52.